The summed E-state index contributed by atoms with van der Waals surface area (Å²) in [6.45, 7) is 0. The molecule has 0 heterocycles. The molecule has 5 aromatic rings. The van der Waals surface area contributed by atoms with E-state index in [1.165, 1.54) is 0 Å². The van der Waals surface area contributed by atoms with Gasteiger partial charge in [0.25, 0.3) is 0 Å². The number of hydrogen-bond donors (Lipinski definition) is 1. The molecule has 0 aliphatic rings. The van der Waals surface area contributed by atoms with E-state index in [4.69, 9.17) is 4.74 Å². The van der Waals surface area contributed by atoms with Crippen LogP contribution in [0.1, 0.15) is 0 Å². The van der Waals surface area contributed by atoms with Crippen molar-refractivity contribution < 1.29 is 13.5 Å². The molecule has 0 bridgehead atoms. The van der Waals surface area contributed by atoms with Crippen molar-refractivity contribution in [3.05, 3.63) is 97.1 Å². The van der Waals surface area contributed by atoms with Crippen molar-refractivity contribution in [1.29, 1.82) is 0 Å². The largest absolute Gasteiger partial charge is 0.496 e. The van der Waals surface area contributed by atoms with Crippen LogP contribution in [0.3, 0.4) is 0 Å². The summed E-state index contributed by atoms with van der Waals surface area (Å²) in [6, 6.07) is 32.0. The summed E-state index contributed by atoms with van der Waals surface area (Å²) in [5.41, 5.74) is 3.82. The van der Waals surface area contributed by atoms with Gasteiger partial charge in [0.2, 0.25) is 0 Å². The third kappa shape index (κ3) is 3.40. The fourth-order valence-corrected chi connectivity index (χ4v) is 4.77. The van der Waals surface area contributed by atoms with E-state index in [0.717, 1.165) is 43.8 Å². The van der Waals surface area contributed by atoms with Crippen molar-refractivity contribution in [1.82, 2.24) is 0 Å². The molecule has 0 aromatic heterocycles. The maximum Gasteiger partial charge on any atom is 0.187 e. The summed E-state index contributed by atoms with van der Waals surface area (Å²) in [5, 5.41) is 3.94. The number of hydrogen-bond acceptors (Lipinski definition) is 2. The van der Waals surface area contributed by atoms with Crippen LogP contribution in [0.4, 0.5) is 0 Å². The minimum Gasteiger partial charge on any atom is -0.496 e. The van der Waals surface area contributed by atoms with E-state index in [1.807, 2.05) is 60.7 Å². The molecule has 0 aliphatic carbocycles. The quantitative estimate of drug-likeness (QED) is 0.319. The Morgan fingerprint density at radius 1 is 0.677 bits per heavy atom. The second kappa shape index (κ2) is 7.99. The second-order valence-electron chi connectivity index (χ2n) is 7.35. The van der Waals surface area contributed by atoms with Crippen molar-refractivity contribution in [2.45, 2.75) is 4.90 Å². The topological polar surface area (TPSA) is 46.5 Å². The summed E-state index contributed by atoms with van der Waals surface area (Å²) in [6.07, 6.45) is 0. The first kappa shape index (κ1) is 19.5. The van der Waals surface area contributed by atoms with Gasteiger partial charge in [0.15, 0.2) is 11.1 Å². The van der Waals surface area contributed by atoms with Gasteiger partial charge in [0, 0.05) is 11.1 Å². The first-order valence-electron chi connectivity index (χ1n) is 9.96. The predicted octanol–water partition coefficient (Wildman–Crippen LogP) is 6.92. The van der Waals surface area contributed by atoms with Crippen LogP contribution in [0, 0.1) is 0 Å². The zero-order valence-corrected chi connectivity index (χ0v) is 17.7. The average molecular weight is 425 g/mol. The maximum absolute atomic E-state index is 12.3. The van der Waals surface area contributed by atoms with Crippen LogP contribution in [-0.4, -0.2) is 15.9 Å². The van der Waals surface area contributed by atoms with Crippen LogP contribution < -0.4 is 4.74 Å². The van der Waals surface area contributed by atoms with Crippen LogP contribution in [-0.2, 0) is 11.1 Å². The van der Waals surface area contributed by atoms with Crippen LogP contribution in [0.25, 0.3) is 43.8 Å². The van der Waals surface area contributed by atoms with Gasteiger partial charge >= 0.3 is 0 Å². The maximum atomic E-state index is 12.3. The third-order valence-corrected chi connectivity index (χ3v) is 6.35. The molecule has 0 amide bonds. The third-order valence-electron chi connectivity index (χ3n) is 5.64. The lowest BCUT2D eigenvalue weighted by Gasteiger charge is -2.17. The van der Waals surface area contributed by atoms with Crippen molar-refractivity contribution in [2.75, 3.05) is 7.11 Å². The van der Waals surface area contributed by atoms with Gasteiger partial charge in [-0.1, -0.05) is 78.9 Å². The zero-order chi connectivity index (χ0) is 21.4. The Kier molecular flexibility index (Phi) is 5.02. The highest BCUT2D eigenvalue weighted by Crippen LogP contribution is 2.44. The molecule has 1 atom stereocenters. The minimum atomic E-state index is -2.14. The average Bonchev–Trinajstić information content (AvgIpc) is 2.82. The second-order valence-corrected chi connectivity index (χ2v) is 8.29. The standard InChI is InChI=1S/C27H20O3S/c1-30-24-15-12-21-17-20(18-7-3-2-4-8-18)11-14-23(21)26(24)27-22-10-6-5-9-19(22)13-16-25(27)31(28)29/h2-17H,1H3,(H,28,29). The molecule has 0 saturated heterocycles. The molecule has 0 spiro atoms. The van der Waals surface area contributed by atoms with Crippen LogP contribution >= 0.6 is 0 Å². The molecule has 5 rings (SSSR count). The van der Waals surface area contributed by atoms with Crippen LogP contribution in [0.5, 0.6) is 5.75 Å². The molecular formula is C27H20O3S. The van der Waals surface area contributed by atoms with Crippen molar-refractivity contribution >= 4 is 32.6 Å². The Labute approximate surface area is 183 Å². The highest BCUT2D eigenvalue weighted by molar-refractivity contribution is 7.79. The molecule has 0 radical (unpaired) electrons. The first-order chi connectivity index (χ1) is 15.2. The van der Waals surface area contributed by atoms with Crippen molar-refractivity contribution in [2.24, 2.45) is 0 Å². The molecule has 3 nitrogen and oxygen atoms in total. The van der Waals surface area contributed by atoms with Gasteiger partial charge in [0.05, 0.1) is 12.0 Å². The van der Waals surface area contributed by atoms with E-state index < -0.39 is 11.1 Å². The minimum absolute atomic E-state index is 0.372. The number of rotatable bonds is 4. The molecule has 0 aliphatic heterocycles. The summed E-state index contributed by atoms with van der Waals surface area (Å²) >= 11 is -2.14. The Balaban J connectivity index is 1.87. The molecular weight excluding hydrogens is 404 g/mol. The van der Waals surface area contributed by atoms with Crippen molar-refractivity contribution in [3.63, 3.8) is 0 Å². The van der Waals surface area contributed by atoms with E-state index in [1.54, 1.807) is 13.2 Å². The van der Waals surface area contributed by atoms with Gasteiger partial charge in [-0.15, -0.1) is 0 Å². The van der Waals surface area contributed by atoms with Gasteiger partial charge in [-0.25, -0.2) is 4.21 Å². The van der Waals surface area contributed by atoms with E-state index >= 15 is 0 Å². The molecule has 5 aromatic carbocycles. The van der Waals surface area contributed by atoms with Crippen molar-refractivity contribution in [3.8, 4) is 28.0 Å². The van der Waals surface area contributed by atoms with Crippen LogP contribution in [0.15, 0.2) is 102 Å². The van der Waals surface area contributed by atoms with Gasteiger partial charge < -0.3 is 9.29 Å². The Bertz CT molecular complexity index is 1440. The summed E-state index contributed by atoms with van der Waals surface area (Å²) in [7, 11) is 1.63. The van der Waals surface area contributed by atoms with Gasteiger partial charge in [-0.3, -0.25) is 0 Å². The lowest BCUT2D eigenvalue weighted by molar-refractivity contribution is 0.417. The smallest absolute Gasteiger partial charge is 0.187 e. The number of methoxy groups -OCH3 is 1. The van der Waals surface area contributed by atoms with Gasteiger partial charge in [-0.2, -0.15) is 0 Å². The lowest BCUT2D eigenvalue weighted by atomic mass is 9.91. The van der Waals surface area contributed by atoms with Gasteiger partial charge in [0.1, 0.15) is 5.75 Å². The Hall–Kier alpha value is -3.47. The highest BCUT2D eigenvalue weighted by Gasteiger charge is 2.20. The molecule has 31 heavy (non-hydrogen) atoms. The van der Waals surface area contributed by atoms with Crippen LogP contribution in [0.2, 0.25) is 0 Å². The zero-order valence-electron chi connectivity index (χ0n) is 16.9. The highest BCUT2D eigenvalue weighted by atomic mass is 32.2. The Morgan fingerprint density at radius 2 is 1.39 bits per heavy atom. The predicted molar refractivity (Wildman–Crippen MR) is 128 cm³/mol. The monoisotopic (exact) mass is 424 g/mol. The van der Waals surface area contributed by atoms with E-state index in [0.29, 0.717) is 10.6 Å². The SMILES string of the molecule is COc1ccc2cc(-c3ccccc3)ccc2c1-c1c(S(=O)O)ccc2ccccc12. The summed E-state index contributed by atoms with van der Waals surface area (Å²) < 4.78 is 28.1. The van der Waals surface area contributed by atoms with E-state index in [2.05, 4.69) is 30.3 Å². The summed E-state index contributed by atoms with van der Waals surface area (Å²) in [4.78, 5) is 0.372. The molecule has 1 N–H and O–H groups in total. The molecule has 0 saturated carbocycles. The normalized spacial score (nSPS) is 12.2. The lowest BCUT2D eigenvalue weighted by Crippen LogP contribution is -1.97. The first-order valence-corrected chi connectivity index (χ1v) is 11.1. The molecule has 0 fully saturated rings. The number of fused-ring (bicyclic) bond motifs is 2. The fraction of sp³-hybridized carbons (Fsp3) is 0.0370. The Morgan fingerprint density at radius 3 is 2.16 bits per heavy atom. The van der Waals surface area contributed by atoms with E-state index in [-0.39, 0.29) is 0 Å². The molecule has 1 unspecified atom stereocenters. The fourth-order valence-electron chi connectivity index (χ4n) is 4.20. The molecule has 4 heteroatoms. The van der Waals surface area contributed by atoms with Gasteiger partial charge in [-0.05, 0) is 50.9 Å². The van der Waals surface area contributed by atoms with E-state index in [9.17, 15) is 8.76 Å². The summed E-state index contributed by atoms with van der Waals surface area (Å²) in [5.74, 6) is 0.669. The number of benzene rings is 5. The number of ether oxygens (including phenoxy) is 1. The molecule has 152 valence electrons.